The Balaban J connectivity index is 1.74. The highest BCUT2D eigenvalue weighted by Gasteiger charge is 2.32. The maximum absolute atomic E-state index is 15.7. The van der Waals surface area contributed by atoms with Gasteiger partial charge in [-0.2, -0.15) is 0 Å². The predicted molar refractivity (Wildman–Crippen MR) is 143 cm³/mol. The molecule has 0 amide bonds. The first-order valence-corrected chi connectivity index (χ1v) is 13.4. The van der Waals surface area contributed by atoms with Crippen molar-refractivity contribution in [3.05, 3.63) is 99.5 Å². The fourth-order valence-corrected chi connectivity index (χ4v) is 5.91. The molecule has 0 unspecified atom stereocenters. The zero-order valence-corrected chi connectivity index (χ0v) is 22.7. The van der Waals surface area contributed by atoms with Gasteiger partial charge < -0.3 is 14.0 Å². The lowest BCUT2D eigenvalue weighted by atomic mass is 10.2. The van der Waals surface area contributed by atoms with Gasteiger partial charge >= 0.3 is 0 Å². The number of fused-ring (bicyclic) bond motifs is 1. The maximum Gasteiger partial charge on any atom is 0.272 e. The van der Waals surface area contributed by atoms with Crippen molar-refractivity contribution in [2.24, 2.45) is 0 Å². The lowest BCUT2D eigenvalue weighted by Crippen LogP contribution is -2.27. The lowest BCUT2D eigenvalue weighted by Gasteiger charge is -2.23. The minimum atomic E-state index is -4.63. The van der Waals surface area contributed by atoms with Crippen LogP contribution in [0.2, 0.25) is 0 Å². The Bertz CT molecular complexity index is 1880. The van der Waals surface area contributed by atoms with Gasteiger partial charge in [0.2, 0.25) is 0 Å². The van der Waals surface area contributed by atoms with E-state index in [1.165, 1.54) is 50.8 Å². The van der Waals surface area contributed by atoms with Crippen LogP contribution in [0.3, 0.4) is 0 Å². The Morgan fingerprint density at radius 3 is 2.46 bits per heavy atom. The van der Waals surface area contributed by atoms with E-state index in [0.717, 1.165) is 33.1 Å². The van der Waals surface area contributed by atoms with Crippen molar-refractivity contribution >= 4 is 48.4 Å². The largest absolute Gasteiger partial charge is 0.497 e. The molecule has 0 saturated carbocycles. The molecule has 0 saturated heterocycles. The topological polar surface area (TPSA) is 104 Å². The van der Waals surface area contributed by atoms with Crippen molar-refractivity contribution in [1.29, 1.82) is 0 Å². The van der Waals surface area contributed by atoms with E-state index in [1.54, 1.807) is 12.1 Å². The predicted octanol–water partition coefficient (Wildman–Crippen LogP) is 5.56. The molecule has 0 fully saturated rings. The van der Waals surface area contributed by atoms with Gasteiger partial charge in [0.05, 0.1) is 35.6 Å². The van der Waals surface area contributed by atoms with E-state index in [9.17, 15) is 17.6 Å². The number of rotatable bonds is 7. The summed E-state index contributed by atoms with van der Waals surface area (Å²) in [5, 5.41) is 3.93. The Hall–Kier alpha value is -4.23. The monoisotopic (exact) mass is 617 g/mol. The first kappa shape index (κ1) is 26.4. The quantitative estimate of drug-likeness (QED) is 0.235. The van der Waals surface area contributed by atoms with Crippen LogP contribution < -0.4 is 19.3 Å². The average Bonchev–Trinajstić information content (AvgIpc) is 3.44. The van der Waals surface area contributed by atoms with Gasteiger partial charge in [0.15, 0.2) is 5.82 Å². The second-order valence-electron chi connectivity index (χ2n) is 8.12. The number of hydrogen-bond acceptors (Lipinski definition) is 7. The summed E-state index contributed by atoms with van der Waals surface area (Å²) in [6.07, 6.45) is 1.18. The van der Waals surface area contributed by atoms with E-state index < -0.39 is 32.1 Å². The van der Waals surface area contributed by atoms with Gasteiger partial charge in [0.1, 0.15) is 34.3 Å². The number of benzene rings is 3. The number of halogens is 3. The summed E-state index contributed by atoms with van der Waals surface area (Å²) in [4.78, 5) is 12.2. The van der Waals surface area contributed by atoms with Crippen LogP contribution in [0.4, 0.5) is 20.3 Å². The Labute approximate surface area is 229 Å². The van der Waals surface area contributed by atoms with Gasteiger partial charge in [-0.1, -0.05) is 11.2 Å². The van der Waals surface area contributed by atoms with Gasteiger partial charge in [0.25, 0.3) is 15.6 Å². The van der Waals surface area contributed by atoms with E-state index in [2.05, 4.69) is 21.1 Å². The molecule has 5 aromatic rings. The summed E-state index contributed by atoms with van der Waals surface area (Å²) in [5.74, 6) is -1.48. The van der Waals surface area contributed by atoms with E-state index in [1.807, 2.05) is 0 Å². The van der Waals surface area contributed by atoms with Crippen molar-refractivity contribution in [2.75, 3.05) is 18.5 Å². The zero-order valence-electron chi connectivity index (χ0n) is 20.3. The summed E-state index contributed by atoms with van der Waals surface area (Å²) in [7, 11) is -1.88. The minimum Gasteiger partial charge on any atom is -0.497 e. The highest BCUT2D eigenvalue weighted by Crippen LogP contribution is 2.36. The number of sulfonamides is 1. The molecule has 0 radical (unpaired) electrons. The van der Waals surface area contributed by atoms with Gasteiger partial charge in [0, 0.05) is 35.7 Å². The van der Waals surface area contributed by atoms with Crippen LogP contribution in [0.1, 0.15) is 0 Å². The highest BCUT2D eigenvalue weighted by molar-refractivity contribution is 9.10. The van der Waals surface area contributed by atoms with Crippen molar-refractivity contribution in [1.82, 2.24) is 9.72 Å². The fraction of sp³-hybridized carbons (Fsp3) is 0.0769. The summed E-state index contributed by atoms with van der Waals surface area (Å²) in [6.45, 7) is 0. The summed E-state index contributed by atoms with van der Waals surface area (Å²) in [6, 6.07) is 14.3. The van der Waals surface area contributed by atoms with Crippen LogP contribution in [0.15, 0.2) is 91.7 Å². The van der Waals surface area contributed by atoms with Crippen LogP contribution in [0.5, 0.6) is 11.5 Å². The number of anilines is 2. The van der Waals surface area contributed by atoms with Crippen LogP contribution in [0, 0.1) is 11.6 Å². The molecule has 3 aromatic carbocycles. The van der Waals surface area contributed by atoms with Crippen molar-refractivity contribution in [3.8, 4) is 17.2 Å². The lowest BCUT2D eigenvalue weighted by molar-refractivity contribution is 0.411. The Kier molecular flexibility index (Phi) is 6.87. The summed E-state index contributed by atoms with van der Waals surface area (Å²) >= 11 is 3.07. The number of pyridine rings is 1. The fourth-order valence-electron chi connectivity index (χ4n) is 4.08. The first-order chi connectivity index (χ1) is 18.6. The van der Waals surface area contributed by atoms with Crippen molar-refractivity contribution in [3.63, 3.8) is 0 Å². The molecule has 2 aromatic heterocycles. The van der Waals surface area contributed by atoms with Gasteiger partial charge in [-0.05, 0) is 46.3 Å². The van der Waals surface area contributed by atoms with Crippen molar-refractivity contribution in [2.45, 2.75) is 4.90 Å². The smallest absolute Gasteiger partial charge is 0.272 e. The van der Waals surface area contributed by atoms with Crippen LogP contribution >= 0.6 is 15.9 Å². The third-order valence-corrected chi connectivity index (χ3v) is 8.20. The molecule has 5 rings (SSSR count). The molecular weight excluding hydrogens is 600 g/mol. The highest BCUT2D eigenvalue weighted by atomic mass is 79.9. The van der Waals surface area contributed by atoms with E-state index in [-0.39, 0.29) is 38.3 Å². The molecule has 0 aliphatic carbocycles. The number of nitrogens with zero attached hydrogens (tertiary/aromatic N) is 3. The molecule has 200 valence electrons. The van der Waals surface area contributed by atoms with E-state index in [0.29, 0.717) is 5.75 Å². The molecule has 0 aliphatic heterocycles. The Morgan fingerprint density at radius 2 is 1.77 bits per heavy atom. The number of hydrogen-bond donors (Lipinski definition) is 0. The van der Waals surface area contributed by atoms with Crippen LogP contribution in [0.25, 0.3) is 16.6 Å². The molecule has 2 heterocycles. The Morgan fingerprint density at radius 1 is 0.974 bits per heavy atom. The van der Waals surface area contributed by atoms with Gasteiger partial charge in [-0.25, -0.2) is 21.5 Å². The van der Waals surface area contributed by atoms with Crippen LogP contribution in [-0.2, 0) is 10.0 Å². The maximum atomic E-state index is 15.7. The third kappa shape index (κ3) is 4.63. The average molecular weight is 618 g/mol. The first-order valence-electron chi connectivity index (χ1n) is 11.1. The van der Waals surface area contributed by atoms with Gasteiger partial charge in [-0.3, -0.25) is 9.36 Å². The zero-order chi connectivity index (χ0) is 27.9. The van der Waals surface area contributed by atoms with E-state index in [4.69, 9.17) is 14.0 Å². The molecule has 13 heteroatoms. The van der Waals surface area contributed by atoms with Crippen molar-refractivity contribution < 1.29 is 31.2 Å². The second-order valence-corrected chi connectivity index (χ2v) is 10.7. The molecule has 39 heavy (non-hydrogen) atoms. The molecule has 0 atom stereocenters. The molecule has 0 aliphatic rings. The van der Waals surface area contributed by atoms with E-state index >= 15 is 4.39 Å². The number of methoxy groups -OCH3 is 2. The normalized spacial score (nSPS) is 11.5. The summed E-state index contributed by atoms with van der Waals surface area (Å²) < 4.78 is 75.4. The standard InChI is InChI=1S/C26H18BrF2N3O6S/c1-36-17-5-3-4-16(11-17)32(25-8-9-38-30-25)39(34,35)24-10-15-6-7-26(33)31(21(15)14-20(24)29)22-13-19(28)18(27)12-23(22)37-2/h3-14H,1-2H3. The third-order valence-electron chi connectivity index (χ3n) is 5.85. The van der Waals surface area contributed by atoms with Gasteiger partial charge in [-0.15, -0.1) is 0 Å². The molecule has 0 bridgehead atoms. The second kappa shape index (κ2) is 10.2. The number of ether oxygens (including phenoxy) is 2. The summed E-state index contributed by atoms with van der Waals surface area (Å²) in [5.41, 5.74) is -0.501. The SMILES string of the molecule is COc1cccc(N(c2ccon2)S(=O)(=O)c2cc3ccc(=O)n(-c4cc(F)c(Br)cc4OC)c3cc2F)c1. The van der Waals surface area contributed by atoms with Crippen LogP contribution in [-0.4, -0.2) is 32.4 Å². The number of aromatic nitrogens is 2. The minimum absolute atomic E-state index is 0.00408. The molecule has 0 N–H and O–H groups in total. The molecule has 9 nitrogen and oxygen atoms in total. The molecular formula is C26H18BrF2N3O6S. The molecule has 0 spiro atoms.